The molecule has 1 aliphatic carbocycles. The second kappa shape index (κ2) is 7.11. The van der Waals surface area contributed by atoms with Gasteiger partial charge in [0.1, 0.15) is 0 Å². The van der Waals surface area contributed by atoms with Crippen LogP contribution in [-0.2, 0) is 15.7 Å². The van der Waals surface area contributed by atoms with E-state index in [9.17, 15) is 18.0 Å². The van der Waals surface area contributed by atoms with Gasteiger partial charge in [0.15, 0.2) is 0 Å². The number of rotatable bonds is 5. The van der Waals surface area contributed by atoms with E-state index in [1.54, 1.807) is 0 Å². The highest BCUT2D eigenvalue weighted by atomic mass is 19.4. The van der Waals surface area contributed by atoms with Crippen LogP contribution in [0.15, 0.2) is 24.3 Å². The number of morpholine rings is 1. The van der Waals surface area contributed by atoms with E-state index in [4.69, 9.17) is 4.74 Å². The summed E-state index contributed by atoms with van der Waals surface area (Å²) >= 11 is 0. The van der Waals surface area contributed by atoms with Crippen molar-refractivity contribution in [3.05, 3.63) is 35.4 Å². The summed E-state index contributed by atoms with van der Waals surface area (Å²) in [4.78, 5) is 14.1. The summed E-state index contributed by atoms with van der Waals surface area (Å²) in [5.74, 6) is 0.156. The van der Waals surface area contributed by atoms with E-state index in [0.717, 1.165) is 30.5 Å². The molecule has 0 aromatic heterocycles. The van der Waals surface area contributed by atoms with Crippen LogP contribution in [0.4, 0.5) is 13.2 Å². The average molecular weight is 342 g/mol. The van der Waals surface area contributed by atoms with Gasteiger partial charge in [-0.1, -0.05) is 12.1 Å². The van der Waals surface area contributed by atoms with Crippen molar-refractivity contribution < 1.29 is 22.7 Å². The lowest BCUT2D eigenvalue weighted by atomic mass is 10.0. The van der Waals surface area contributed by atoms with Gasteiger partial charge in [-0.2, -0.15) is 13.2 Å². The van der Waals surface area contributed by atoms with E-state index < -0.39 is 11.7 Å². The number of carbonyl (C=O) groups excluding carboxylic acids is 1. The molecule has 3 rings (SSSR count). The molecule has 0 unspecified atom stereocenters. The number of carbonyl (C=O) groups is 1. The fourth-order valence-electron chi connectivity index (χ4n) is 2.93. The van der Waals surface area contributed by atoms with Crippen LogP contribution in [0.2, 0.25) is 0 Å². The Kier molecular flexibility index (Phi) is 5.10. The molecular weight excluding hydrogens is 321 g/mol. The first-order chi connectivity index (χ1) is 11.4. The van der Waals surface area contributed by atoms with Gasteiger partial charge in [0.25, 0.3) is 0 Å². The summed E-state index contributed by atoms with van der Waals surface area (Å²) in [5.41, 5.74) is 0.120. The van der Waals surface area contributed by atoms with Gasteiger partial charge in [0, 0.05) is 25.6 Å². The number of alkyl halides is 3. The van der Waals surface area contributed by atoms with Crippen LogP contribution in [0.25, 0.3) is 0 Å². The quantitative estimate of drug-likeness (QED) is 0.894. The fourth-order valence-corrected chi connectivity index (χ4v) is 2.93. The normalized spacial score (nSPS) is 20.6. The molecule has 2 fully saturated rings. The SMILES string of the molecule is O=C(NC[C@H](c1ccc(C(F)(F)F)cc1)N1CCOCC1)C1CC1. The average Bonchev–Trinajstić information content (AvgIpc) is 3.40. The van der Waals surface area contributed by atoms with Crippen molar-refractivity contribution in [1.29, 1.82) is 0 Å². The molecule has 0 radical (unpaired) electrons. The van der Waals surface area contributed by atoms with Crippen LogP contribution in [0.3, 0.4) is 0 Å². The molecule has 1 N–H and O–H groups in total. The Morgan fingerprint density at radius 1 is 1.21 bits per heavy atom. The lowest BCUT2D eigenvalue weighted by Gasteiger charge is -2.35. The largest absolute Gasteiger partial charge is 0.416 e. The predicted molar refractivity (Wildman–Crippen MR) is 82.3 cm³/mol. The van der Waals surface area contributed by atoms with E-state index in [2.05, 4.69) is 10.2 Å². The van der Waals surface area contributed by atoms with Gasteiger partial charge in [-0.15, -0.1) is 0 Å². The second-order valence-corrected chi connectivity index (χ2v) is 6.30. The standard InChI is InChI=1S/C17H21F3N2O2/c18-17(19,20)14-5-3-12(4-6-14)15(22-7-9-24-10-8-22)11-21-16(23)13-1-2-13/h3-6,13,15H,1-2,7-11H2,(H,21,23)/t15-/m1/s1. The Hall–Kier alpha value is -1.60. The zero-order chi connectivity index (χ0) is 17.2. The molecule has 1 aliphatic heterocycles. The van der Waals surface area contributed by atoms with Crippen LogP contribution >= 0.6 is 0 Å². The van der Waals surface area contributed by atoms with Gasteiger partial charge in [0.05, 0.1) is 24.8 Å². The van der Waals surface area contributed by atoms with Crippen LogP contribution in [-0.4, -0.2) is 43.7 Å². The highest BCUT2D eigenvalue weighted by Gasteiger charge is 2.32. The smallest absolute Gasteiger partial charge is 0.379 e. The molecule has 1 atom stereocenters. The summed E-state index contributed by atoms with van der Waals surface area (Å²) in [6, 6.07) is 5.08. The molecule has 0 spiro atoms. The Morgan fingerprint density at radius 2 is 1.83 bits per heavy atom. The summed E-state index contributed by atoms with van der Waals surface area (Å²) < 4.78 is 43.6. The Bertz CT molecular complexity index is 564. The van der Waals surface area contributed by atoms with Gasteiger partial charge >= 0.3 is 6.18 Å². The van der Waals surface area contributed by atoms with Crippen molar-refractivity contribution in [2.45, 2.75) is 25.1 Å². The van der Waals surface area contributed by atoms with Gasteiger partial charge in [0.2, 0.25) is 5.91 Å². The van der Waals surface area contributed by atoms with Crippen LogP contribution < -0.4 is 5.32 Å². The molecule has 4 nitrogen and oxygen atoms in total. The molecule has 7 heteroatoms. The highest BCUT2D eigenvalue weighted by molar-refractivity contribution is 5.80. The minimum absolute atomic E-state index is 0.0418. The number of nitrogens with one attached hydrogen (secondary N) is 1. The molecule has 0 bridgehead atoms. The zero-order valence-electron chi connectivity index (χ0n) is 13.3. The summed E-state index contributed by atoms with van der Waals surface area (Å²) in [5, 5.41) is 2.94. The molecule has 1 amide bonds. The molecule has 1 aromatic rings. The van der Waals surface area contributed by atoms with Crippen molar-refractivity contribution >= 4 is 5.91 Å². The number of hydrogen-bond donors (Lipinski definition) is 1. The third kappa shape index (κ3) is 4.27. The van der Waals surface area contributed by atoms with Gasteiger partial charge in [-0.05, 0) is 30.5 Å². The molecule has 132 valence electrons. The second-order valence-electron chi connectivity index (χ2n) is 6.30. The number of benzene rings is 1. The van der Waals surface area contributed by atoms with Crippen LogP contribution in [0.1, 0.15) is 30.0 Å². The van der Waals surface area contributed by atoms with Crippen molar-refractivity contribution in [2.24, 2.45) is 5.92 Å². The van der Waals surface area contributed by atoms with Crippen molar-refractivity contribution in [2.75, 3.05) is 32.8 Å². The Labute approximate surface area is 139 Å². The van der Waals surface area contributed by atoms with Crippen molar-refractivity contribution in [3.63, 3.8) is 0 Å². The van der Waals surface area contributed by atoms with E-state index in [0.29, 0.717) is 32.8 Å². The van der Waals surface area contributed by atoms with Gasteiger partial charge in [-0.25, -0.2) is 0 Å². The lowest BCUT2D eigenvalue weighted by Crippen LogP contribution is -2.44. The predicted octanol–water partition coefficient (Wildman–Crippen LogP) is 2.60. The Balaban J connectivity index is 1.73. The highest BCUT2D eigenvalue weighted by Crippen LogP contribution is 2.32. The van der Waals surface area contributed by atoms with Crippen LogP contribution in [0, 0.1) is 5.92 Å². The maximum absolute atomic E-state index is 12.7. The summed E-state index contributed by atoms with van der Waals surface area (Å²) in [6.45, 7) is 2.98. The van der Waals surface area contributed by atoms with Crippen molar-refractivity contribution in [1.82, 2.24) is 10.2 Å². The first kappa shape index (κ1) is 17.2. The molecule has 1 aromatic carbocycles. The van der Waals surface area contributed by atoms with E-state index in [1.807, 2.05) is 0 Å². The third-order valence-corrected chi connectivity index (χ3v) is 4.53. The minimum Gasteiger partial charge on any atom is -0.379 e. The zero-order valence-corrected chi connectivity index (χ0v) is 13.3. The molecular formula is C17H21F3N2O2. The molecule has 2 aliphatic rings. The topological polar surface area (TPSA) is 41.6 Å². The third-order valence-electron chi connectivity index (χ3n) is 4.53. The summed E-state index contributed by atoms with van der Waals surface area (Å²) in [6.07, 6.45) is -2.49. The molecule has 24 heavy (non-hydrogen) atoms. The first-order valence-electron chi connectivity index (χ1n) is 8.22. The van der Waals surface area contributed by atoms with Gasteiger partial charge < -0.3 is 10.1 Å². The number of halogens is 3. The lowest BCUT2D eigenvalue weighted by molar-refractivity contribution is -0.137. The van der Waals surface area contributed by atoms with Crippen LogP contribution in [0.5, 0.6) is 0 Å². The molecule has 1 saturated carbocycles. The fraction of sp³-hybridized carbons (Fsp3) is 0.588. The van der Waals surface area contributed by atoms with Crippen molar-refractivity contribution in [3.8, 4) is 0 Å². The molecule has 1 heterocycles. The minimum atomic E-state index is -4.34. The number of hydrogen-bond acceptors (Lipinski definition) is 3. The van der Waals surface area contributed by atoms with E-state index >= 15 is 0 Å². The molecule has 1 saturated heterocycles. The number of ether oxygens (including phenoxy) is 1. The first-order valence-corrected chi connectivity index (χ1v) is 8.22. The number of amides is 1. The van der Waals surface area contributed by atoms with E-state index in [1.165, 1.54) is 12.1 Å². The summed E-state index contributed by atoms with van der Waals surface area (Å²) in [7, 11) is 0. The maximum atomic E-state index is 12.7. The maximum Gasteiger partial charge on any atom is 0.416 e. The van der Waals surface area contributed by atoms with Gasteiger partial charge in [-0.3, -0.25) is 9.69 Å². The monoisotopic (exact) mass is 342 g/mol. The Morgan fingerprint density at radius 3 is 2.38 bits per heavy atom. The van der Waals surface area contributed by atoms with E-state index in [-0.39, 0.29) is 17.9 Å². The number of nitrogens with zero attached hydrogens (tertiary/aromatic N) is 1.